The molecule has 0 unspecified atom stereocenters. The van der Waals surface area contributed by atoms with Gasteiger partial charge in [-0.15, -0.1) is 11.3 Å². The van der Waals surface area contributed by atoms with Gasteiger partial charge in [-0.25, -0.2) is 4.98 Å². The molecule has 0 spiro atoms. The van der Waals surface area contributed by atoms with Crippen LogP contribution in [-0.4, -0.2) is 9.38 Å². The highest BCUT2D eigenvalue weighted by molar-refractivity contribution is 7.17. The Morgan fingerprint density at radius 3 is 2.68 bits per heavy atom. The van der Waals surface area contributed by atoms with Crippen molar-refractivity contribution in [2.45, 2.75) is 20.3 Å². The fourth-order valence-corrected chi connectivity index (χ4v) is 4.11. The number of aromatic nitrogens is 2. The van der Waals surface area contributed by atoms with Gasteiger partial charge in [0.1, 0.15) is 11.5 Å². The summed E-state index contributed by atoms with van der Waals surface area (Å²) in [6.45, 7) is 4.29. The van der Waals surface area contributed by atoms with E-state index in [9.17, 15) is 0 Å². The second-order valence-electron chi connectivity index (χ2n) is 5.48. The Balaban J connectivity index is 1.96. The zero-order valence-electron chi connectivity index (χ0n) is 12.6. The van der Waals surface area contributed by atoms with Gasteiger partial charge >= 0.3 is 0 Å². The van der Waals surface area contributed by atoms with E-state index in [1.807, 2.05) is 0 Å². The number of thiazole rings is 1. The molecule has 110 valence electrons. The van der Waals surface area contributed by atoms with Gasteiger partial charge in [0.05, 0.1) is 0 Å². The minimum absolute atomic E-state index is 0.742. The first-order chi connectivity index (χ1) is 10.7. The number of nitrogens with two attached hydrogens (primary N) is 1. The monoisotopic (exact) mass is 307 g/mol. The predicted octanol–water partition coefficient (Wildman–Crippen LogP) is 4.67. The molecule has 0 saturated heterocycles. The molecular formula is C18H17N3S. The first kappa shape index (κ1) is 13.3. The molecule has 0 fully saturated rings. The number of nitrogens with zero attached hydrogens (tertiary/aromatic N) is 2. The Morgan fingerprint density at radius 1 is 1.14 bits per heavy atom. The number of hydrogen-bond donors (Lipinski definition) is 1. The Kier molecular flexibility index (Phi) is 2.94. The summed E-state index contributed by atoms with van der Waals surface area (Å²) in [5.74, 6) is 0.742. The van der Waals surface area contributed by atoms with Crippen molar-refractivity contribution >= 4 is 32.9 Å². The minimum Gasteiger partial charge on any atom is -0.383 e. The number of nitrogen functional groups attached to an aromatic ring is 1. The van der Waals surface area contributed by atoms with E-state index in [0.717, 1.165) is 28.5 Å². The molecule has 0 radical (unpaired) electrons. The summed E-state index contributed by atoms with van der Waals surface area (Å²) in [7, 11) is 0. The summed E-state index contributed by atoms with van der Waals surface area (Å²) in [5.41, 5.74) is 9.63. The van der Waals surface area contributed by atoms with Crippen molar-refractivity contribution < 1.29 is 0 Å². The maximum absolute atomic E-state index is 6.41. The van der Waals surface area contributed by atoms with Gasteiger partial charge in [-0.3, -0.25) is 4.40 Å². The highest BCUT2D eigenvalue weighted by Gasteiger charge is 2.17. The second-order valence-corrected chi connectivity index (χ2v) is 6.67. The van der Waals surface area contributed by atoms with Crippen molar-refractivity contribution in [1.29, 1.82) is 0 Å². The normalized spacial score (nSPS) is 11.5. The van der Waals surface area contributed by atoms with Crippen molar-refractivity contribution in [3.8, 4) is 11.3 Å². The molecule has 0 aliphatic rings. The van der Waals surface area contributed by atoms with Crippen LogP contribution in [0.3, 0.4) is 0 Å². The molecule has 2 aromatic carbocycles. The topological polar surface area (TPSA) is 43.3 Å². The number of aryl methyl sites for hydroxylation is 2. The van der Waals surface area contributed by atoms with E-state index < -0.39 is 0 Å². The van der Waals surface area contributed by atoms with Gasteiger partial charge in [0.15, 0.2) is 4.96 Å². The SMILES string of the molecule is CCc1c(C)sc2nc(-c3ccc4ccccc4c3)c(N)n12. The number of anilines is 1. The molecule has 0 atom stereocenters. The van der Waals surface area contributed by atoms with Crippen molar-refractivity contribution in [2.24, 2.45) is 0 Å². The maximum Gasteiger partial charge on any atom is 0.196 e. The number of fused-ring (bicyclic) bond motifs is 2. The van der Waals surface area contributed by atoms with Crippen LogP contribution < -0.4 is 5.73 Å². The molecule has 0 bridgehead atoms. The van der Waals surface area contributed by atoms with E-state index in [0.29, 0.717) is 0 Å². The summed E-state index contributed by atoms with van der Waals surface area (Å²) in [6.07, 6.45) is 0.962. The van der Waals surface area contributed by atoms with Gasteiger partial charge in [0.2, 0.25) is 0 Å². The van der Waals surface area contributed by atoms with Crippen LogP contribution in [0.2, 0.25) is 0 Å². The van der Waals surface area contributed by atoms with Crippen LogP contribution in [0.15, 0.2) is 42.5 Å². The lowest BCUT2D eigenvalue weighted by atomic mass is 10.1. The van der Waals surface area contributed by atoms with Crippen LogP contribution >= 0.6 is 11.3 Å². The molecule has 2 aromatic heterocycles. The van der Waals surface area contributed by atoms with Crippen LogP contribution in [0.1, 0.15) is 17.5 Å². The third-order valence-corrected chi connectivity index (χ3v) is 5.16. The largest absolute Gasteiger partial charge is 0.383 e. The van der Waals surface area contributed by atoms with Crippen LogP contribution in [0, 0.1) is 6.92 Å². The zero-order valence-corrected chi connectivity index (χ0v) is 13.4. The van der Waals surface area contributed by atoms with Crippen LogP contribution in [0.5, 0.6) is 0 Å². The number of imidazole rings is 1. The number of rotatable bonds is 2. The Bertz CT molecular complexity index is 994. The molecule has 2 heterocycles. The summed E-state index contributed by atoms with van der Waals surface area (Å²) in [4.78, 5) is 7.05. The second kappa shape index (κ2) is 4.85. The predicted molar refractivity (Wildman–Crippen MR) is 94.5 cm³/mol. The smallest absolute Gasteiger partial charge is 0.196 e. The van der Waals surface area contributed by atoms with Gasteiger partial charge in [-0.05, 0) is 30.2 Å². The van der Waals surface area contributed by atoms with E-state index in [1.165, 1.54) is 21.3 Å². The Morgan fingerprint density at radius 2 is 1.91 bits per heavy atom. The number of benzene rings is 2. The first-order valence-corrected chi connectivity index (χ1v) is 8.26. The molecule has 0 amide bonds. The van der Waals surface area contributed by atoms with Gasteiger partial charge in [0, 0.05) is 16.1 Å². The van der Waals surface area contributed by atoms with Crippen molar-refractivity contribution in [1.82, 2.24) is 9.38 Å². The van der Waals surface area contributed by atoms with E-state index in [2.05, 4.69) is 60.7 Å². The van der Waals surface area contributed by atoms with Gasteiger partial charge in [-0.1, -0.05) is 43.3 Å². The van der Waals surface area contributed by atoms with Crippen molar-refractivity contribution in [3.63, 3.8) is 0 Å². The van der Waals surface area contributed by atoms with Gasteiger partial charge in [0.25, 0.3) is 0 Å². The van der Waals surface area contributed by atoms with Crippen molar-refractivity contribution in [2.75, 3.05) is 5.73 Å². The van der Waals surface area contributed by atoms with Gasteiger partial charge in [-0.2, -0.15) is 0 Å². The lowest BCUT2D eigenvalue weighted by Crippen LogP contribution is -1.98. The quantitative estimate of drug-likeness (QED) is 0.585. The molecule has 0 saturated carbocycles. The minimum atomic E-state index is 0.742. The molecule has 0 aliphatic heterocycles. The first-order valence-electron chi connectivity index (χ1n) is 7.44. The molecule has 4 rings (SSSR count). The summed E-state index contributed by atoms with van der Waals surface area (Å²) >= 11 is 1.71. The Labute approximate surface area is 133 Å². The third-order valence-electron chi connectivity index (χ3n) is 4.16. The average molecular weight is 307 g/mol. The number of hydrogen-bond acceptors (Lipinski definition) is 3. The zero-order chi connectivity index (χ0) is 15.3. The molecule has 0 aliphatic carbocycles. The van der Waals surface area contributed by atoms with E-state index in [-0.39, 0.29) is 0 Å². The van der Waals surface area contributed by atoms with Gasteiger partial charge < -0.3 is 5.73 Å². The van der Waals surface area contributed by atoms with Crippen LogP contribution in [0.25, 0.3) is 27.0 Å². The third kappa shape index (κ3) is 1.84. The van der Waals surface area contributed by atoms with E-state index in [1.54, 1.807) is 11.3 Å². The highest BCUT2D eigenvalue weighted by Crippen LogP contribution is 2.34. The molecular weight excluding hydrogens is 290 g/mol. The highest BCUT2D eigenvalue weighted by atomic mass is 32.1. The molecule has 3 nitrogen and oxygen atoms in total. The summed E-state index contributed by atoms with van der Waals surface area (Å²) < 4.78 is 2.10. The molecule has 2 N–H and O–H groups in total. The fraction of sp³-hybridized carbons (Fsp3) is 0.167. The van der Waals surface area contributed by atoms with E-state index >= 15 is 0 Å². The van der Waals surface area contributed by atoms with Crippen molar-refractivity contribution in [3.05, 3.63) is 53.0 Å². The summed E-state index contributed by atoms with van der Waals surface area (Å²) in [5, 5.41) is 2.44. The van der Waals surface area contributed by atoms with Crippen LogP contribution in [-0.2, 0) is 6.42 Å². The standard InChI is InChI=1S/C18H17N3S/c1-3-15-11(2)22-18-20-16(17(19)21(15)18)14-9-8-12-6-4-5-7-13(12)10-14/h4-10H,3,19H2,1-2H3. The van der Waals surface area contributed by atoms with Crippen LogP contribution in [0.4, 0.5) is 5.82 Å². The maximum atomic E-state index is 6.41. The fourth-order valence-electron chi connectivity index (χ4n) is 3.05. The van der Waals surface area contributed by atoms with E-state index in [4.69, 9.17) is 10.7 Å². The lowest BCUT2D eigenvalue weighted by Gasteiger charge is -2.04. The molecule has 4 aromatic rings. The molecule has 22 heavy (non-hydrogen) atoms. The average Bonchev–Trinajstić information content (AvgIpc) is 3.02. The molecule has 4 heteroatoms. The summed E-state index contributed by atoms with van der Waals surface area (Å²) in [6, 6.07) is 14.7. The lowest BCUT2D eigenvalue weighted by molar-refractivity contribution is 0.994. The Hall–Kier alpha value is -2.33.